The van der Waals surface area contributed by atoms with Crippen LogP contribution in [-0.2, 0) is 0 Å². The van der Waals surface area contributed by atoms with Crippen LogP contribution in [0.15, 0.2) is 54.6 Å². The molecule has 0 aliphatic carbocycles. The van der Waals surface area contributed by atoms with Crippen molar-refractivity contribution in [2.45, 2.75) is 0 Å². The maximum absolute atomic E-state index is 11.6. The molecule has 16 heavy (non-hydrogen) atoms. The Hall–Kier alpha value is -2.13. The summed E-state index contributed by atoms with van der Waals surface area (Å²) in [5, 5.41) is 0. The van der Waals surface area contributed by atoms with Crippen LogP contribution >= 0.6 is 0 Å². The predicted octanol–water partition coefficient (Wildman–Crippen LogP) is 1.96. The molecule has 0 saturated carbocycles. The van der Waals surface area contributed by atoms with Crippen LogP contribution in [0.2, 0.25) is 0 Å². The van der Waals surface area contributed by atoms with Gasteiger partial charge >= 0.3 is 0 Å². The van der Waals surface area contributed by atoms with E-state index in [0.717, 1.165) is 11.1 Å². The molecule has 0 aromatic heterocycles. The van der Waals surface area contributed by atoms with E-state index in [2.05, 4.69) is 5.43 Å². The van der Waals surface area contributed by atoms with Gasteiger partial charge in [-0.3, -0.25) is 10.2 Å². The van der Waals surface area contributed by atoms with E-state index in [1.54, 1.807) is 6.07 Å². The van der Waals surface area contributed by atoms with Crippen molar-refractivity contribution in [2.24, 2.45) is 5.84 Å². The van der Waals surface area contributed by atoms with Gasteiger partial charge in [0.05, 0.1) is 0 Å². The Morgan fingerprint density at radius 1 is 0.938 bits per heavy atom. The zero-order valence-electron chi connectivity index (χ0n) is 8.68. The Bertz CT molecular complexity index is 494. The number of benzene rings is 2. The number of nitrogens with one attached hydrogen (secondary N) is 1. The first kappa shape index (κ1) is 10.4. The lowest BCUT2D eigenvalue weighted by molar-refractivity contribution is 0.0954. The number of hydrogen-bond acceptors (Lipinski definition) is 2. The molecule has 0 spiro atoms. The lowest BCUT2D eigenvalue weighted by atomic mass is 9.99. The quantitative estimate of drug-likeness (QED) is 0.454. The van der Waals surface area contributed by atoms with Crippen molar-refractivity contribution in [3.8, 4) is 11.1 Å². The molecule has 3 heteroatoms. The fourth-order valence-corrected chi connectivity index (χ4v) is 1.63. The first-order valence-corrected chi connectivity index (χ1v) is 4.98. The van der Waals surface area contributed by atoms with E-state index in [1.807, 2.05) is 48.5 Å². The standard InChI is InChI=1S/C13H12N2O/c14-15-13(16)12-9-5-4-8-11(12)10-6-2-1-3-7-10/h1-9H,14H2,(H,15,16). The monoisotopic (exact) mass is 212 g/mol. The molecular formula is C13H12N2O. The topological polar surface area (TPSA) is 55.1 Å². The van der Waals surface area contributed by atoms with E-state index >= 15 is 0 Å². The highest BCUT2D eigenvalue weighted by molar-refractivity contribution is 6.00. The largest absolute Gasteiger partial charge is 0.290 e. The zero-order chi connectivity index (χ0) is 11.4. The Morgan fingerprint density at radius 3 is 2.25 bits per heavy atom. The molecule has 0 aliphatic heterocycles. The zero-order valence-corrected chi connectivity index (χ0v) is 8.68. The normalized spacial score (nSPS) is 9.81. The molecule has 0 unspecified atom stereocenters. The van der Waals surface area contributed by atoms with Gasteiger partial charge in [-0.2, -0.15) is 0 Å². The van der Waals surface area contributed by atoms with Gasteiger partial charge in [-0.25, -0.2) is 5.84 Å². The average molecular weight is 212 g/mol. The fraction of sp³-hybridized carbons (Fsp3) is 0. The molecule has 0 bridgehead atoms. The second-order valence-electron chi connectivity index (χ2n) is 3.39. The van der Waals surface area contributed by atoms with Gasteiger partial charge in [0.2, 0.25) is 0 Å². The summed E-state index contributed by atoms with van der Waals surface area (Å²) in [6.45, 7) is 0. The minimum Gasteiger partial charge on any atom is -0.290 e. The Morgan fingerprint density at radius 2 is 1.56 bits per heavy atom. The fourth-order valence-electron chi connectivity index (χ4n) is 1.63. The molecule has 3 nitrogen and oxygen atoms in total. The van der Waals surface area contributed by atoms with Crippen LogP contribution in [-0.4, -0.2) is 5.91 Å². The number of carbonyl (C=O) groups is 1. The van der Waals surface area contributed by atoms with Crippen LogP contribution in [0, 0.1) is 0 Å². The minimum atomic E-state index is -0.278. The third kappa shape index (κ3) is 1.94. The maximum atomic E-state index is 11.6. The van der Waals surface area contributed by atoms with Gasteiger partial charge in [0.1, 0.15) is 0 Å². The molecule has 0 fully saturated rings. The Kier molecular flexibility index (Phi) is 2.98. The number of rotatable bonds is 2. The van der Waals surface area contributed by atoms with E-state index in [0.29, 0.717) is 5.56 Å². The number of amides is 1. The van der Waals surface area contributed by atoms with Crippen LogP contribution in [0.5, 0.6) is 0 Å². The van der Waals surface area contributed by atoms with Gasteiger partial charge in [-0.1, -0.05) is 48.5 Å². The highest BCUT2D eigenvalue weighted by Gasteiger charge is 2.09. The van der Waals surface area contributed by atoms with Crippen LogP contribution in [0.4, 0.5) is 0 Å². The molecule has 0 saturated heterocycles. The van der Waals surface area contributed by atoms with E-state index in [1.165, 1.54) is 0 Å². The highest BCUT2D eigenvalue weighted by Crippen LogP contribution is 2.22. The van der Waals surface area contributed by atoms with Crippen molar-refractivity contribution >= 4 is 5.91 Å². The van der Waals surface area contributed by atoms with E-state index < -0.39 is 0 Å². The van der Waals surface area contributed by atoms with Crippen molar-refractivity contribution in [2.75, 3.05) is 0 Å². The summed E-state index contributed by atoms with van der Waals surface area (Å²) < 4.78 is 0. The molecular weight excluding hydrogens is 200 g/mol. The number of carbonyl (C=O) groups excluding carboxylic acids is 1. The van der Waals surface area contributed by atoms with Crippen LogP contribution in [0.25, 0.3) is 11.1 Å². The molecule has 2 aromatic rings. The van der Waals surface area contributed by atoms with Gasteiger partial charge in [0, 0.05) is 5.56 Å². The smallest absolute Gasteiger partial charge is 0.265 e. The van der Waals surface area contributed by atoms with Gasteiger partial charge in [0.25, 0.3) is 5.91 Å². The molecule has 2 aromatic carbocycles. The van der Waals surface area contributed by atoms with E-state index in [4.69, 9.17) is 5.84 Å². The summed E-state index contributed by atoms with van der Waals surface area (Å²) >= 11 is 0. The summed E-state index contributed by atoms with van der Waals surface area (Å²) in [7, 11) is 0. The SMILES string of the molecule is NNC(=O)c1ccccc1-c1ccccc1. The van der Waals surface area contributed by atoms with Crippen LogP contribution in [0.1, 0.15) is 10.4 Å². The predicted molar refractivity (Wildman–Crippen MR) is 63.5 cm³/mol. The first-order valence-electron chi connectivity index (χ1n) is 4.98. The average Bonchev–Trinajstić information content (AvgIpc) is 2.39. The lowest BCUT2D eigenvalue weighted by Crippen LogP contribution is -2.30. The van der Waals surface area contributed by atoms with Gasteiger partial charge < -0.3 is 0 Å². The van der Waals surface area contributed by atoms with Crippen molar-refractivity contribution in [1.29, 1.82) is 0 Å². The van der Waals surface area contributed by atoms with E-state index in [9.17, 15) is 4.79 Å². The van der Waals surface area contributed by atoms with Gasteiger partial charge in [-0.15, -0.1) is 0 Å². The van der Waals surface area contributed by atoms with Crippen molar-refractivity contribution < 1.29 is 4.79 Å². The van der Waals surface area contributed by atoms with Crippen molar-refractivity contribution in [3.63, 3.8) is 0 Å². The molecule has 0 atom stereocenters. The summed E-state index contributed by atoms with van der Waals surface area (Å²) in [6, 6.07) is 17.1. The Labute approximate surface area is 93.9 Å². The van der Waals surface area contributed by atoms with Crippen molar-refractivity contribution in [1.82, 2.24) is 5.43 Å². The number of hydrazine groups is 1. The number of hydrogen-bond donors (Lipinski definition) is 2. The van der Waals surface area contributed by atoms with Crippen molar-refractivity contribution in [3.05, 3.63) is 60.2 Å². The van der Waals surface area contributed by atoms with E-state index in [-0.39, 0.29) is 5.91 Å². The molecule has 80 valence electrons. The summed E-state index contributed by atoms with van der Waals surface area (Å²) in [5.41, 5.74) is 4.61. The summed E-state index contributed by atoms with van der Waals surface area (Å²) in [4.78, 5) is 11.6. The first-order chi connectivity index (χ1) is 7.83. The second kappa shape index (κ2) is 4.59. The second-order valence-corrected chi connectivity index (χ2v) is 3.39. The lowest BCUT2D eigenvalue weighted by Gasteiger charge is -2.07. The van der Waals surface area contributed by atoms with Gasteiger partial charge in [0.15, 0.2) is 0 Å². The molecule has 0 radical (unpaired) electrons. The van der Waals surface area contributed by atoms with Crippen LogP contribution in [0.3, 0.4) is 0 Å². The highest BCUT2D eigenvalue weighted by atomic mass is 16.2. The molecule has 3 N–H and O–H groups in total. The molecule has 0 heterocycles. The molecule has 0 aliphatic rings. The third-order valence-corrected chi connectivity index (χ3v) is 2.39. The molecule has 2 rings (SSSR count). The summed E-state index contributed by atoms with van der Waals surface area (Å²) in [5.74, 6) is 4.87. The Balaban J connectivity index is 2.53. The number of nitrogen functional groups attached to an aromatic ring is 1. The molecule has 1 amide bonds. The minimum absolute atomic E-state index is 0.278. The van der Waals surface area contributed by atoms with Crippen LogP contribution < -0.4 is 11.3 Å². The summed E-state index contributed by atoms with van der Waals surface area (Å²) in [6.07, 6.45) is 0. The maximum Gasteiger partial charge on any atom is 0.265 e. The third-order valence-electron chi connectivity index (χ3n) is 2.39. The van der Waals surface area contributed by atoms with Gasteiger partial charge in [-0.05, 0) is 17.2 Å². The number of nitrogens with two attached hydrogens (primary N) is 1.